The smallest absolute Gasteiger partial charge is 0.433 e. The lowest BCUT2D eigenvalue weighted by atomic mass is 9.87. The highest BCUT2D eigenvalue weighted by Gasteiger charge is 2.42. The Morgan fingerprint density at radius 3 is 2.80 bits per heavy atom. The molecule has 0 aliphatic carbocycles. The third-order valence-electron chi connectivity index (χ3n) is 3.45. The van der Waals surface area contributed by atoms with Crippen molar-refractivity contribution in [3.8, 4) is 0 Å². The van der Waals surface area contributed by atoms with Crippen molar-refractivity contribution in [2.45, 2.75) is 25.8 Å². The molecular formula is C12H14N2O6. The summed E-state index contributed by atoms with van der Waals surface area (Å²) in [5, 5.41) is 19.9. The van der Waals surface area contributed by atoms with E-state index >= 15 is 0 Å². The molecule has 1 N–H and O–H groups in total. The number of amides is 1. The van der Waals surface area contributed by atoms with Crippen molar-refractivity contribution < 1.29 is 24.0 Å². The summed E-state index contributed by atoms with van der Waals surface area (Å²) < 4.78 is 5.09. The van der Waals surface area contributed by atoms with E-state index < -0.39 is 28.7 Å². The van der Waals surface area contributed by atoms with Crippen LogP contribution in [0.25, 0.3) is 0 Å². The minimum absolute atomic E-state index is 0.138. The van der Waals surface area contributed by atoms with Gasteiger partial charge >= 0.3 is 11.9 Å². The van der Waals surface area contributed by atoms with Crippen LogP contribution in [0.5, 0.6) is 0 Å². The minimum atomic E-state index is -1.04. The molecule has 108 valence electrons. The first-order chi connectivity index (χ1) is 9.45. The first-order valence-electron chi connectivity index (χ1n) is 6.22. The fourth-order valence-corrected chi connectivity index (χ4v) is 2.54. The van der Waals surface area contributed by atoms with Crippen LogP contribution in [-0.4, -0.2) is 33.4 Å². The lowest BCUT2D eigenvalue weighted by Gasteiger charge is -2.37. The Labute approximate surface area is 114 Å². The summed E-state index contributed by atoms with van der Waals surface area (Å²) in [5.41, 5.74) is 0. The summed E-state index contributed by atoms with van der Waals surface area (Å²) in [6, 6.07) is 1.73. The molecule has 8 heteroatoms. The van der Waals surface area contributed by atoms with Gasteiger partial charge in [-0.3, -0.25) is 19.7 Å². The second kappa shape index (κ2) is 5.32. The molecule has 2 unspecified atom stereocenters. The van der Waals surface area contributed by atoms with E-state index in [4.69, 9.17) is 4.42 Å². The van der Waals surface area contributed by atoms with E-state index in [1.165, 1.54) is 17.0 Å². The lowest BCUT2D eigenvalue weighted by molar-refractivity contribution is -0.402. The van der Waals surface area contributed by atoms with Crippen LogP contribution in [0.3, 0.4) is 0 Å². The normalized spacial score (nSPS) is 22.9. The number of aliphatic carboxylic acids is 1. The lowest BCUT2D eigenvalue weighted by Crippen LogP contribution is -2.45. The van der Waals surface area contributed by atoms with Gasteiger partial charge in [0.15, 0.2) is 0 Å². The second-order valence-electron chi connectivity index (χ2n) is 4.54. The van der Waals surface area contributed by atoms with Crippen LogP contribution < -0.4 is 0 Å². The van der Waals surface area contributed by atoms with Gasteiger partial charge < -0.3 is 14.4 Å². The first kappa shape index (κ1) is 14.0. The number of hydrogen-bond acceptors (Lipinski definition) is 5. The van der Waals surface area contributed by atoms with Gasteiger partial charge in [0.25, 0.3) is 0 Å². The van der Waals surface area contributed by atoms with Crippen molar-refractivity contribution in [3.05, 3.63) is 28.0 Å². The summed E-state index contributed by atoms with van der Waals surface area (Å²) in [5.74, 6) is -2.36. The quantitative estimate of drug-likeness (QED) is 0.662. The molecule has 1 amide bonds. The monoisotopic (exact) mass is 282 g/mol. The number of likely N-dealkylation sites (tertiary alicyclic amines) is 1. The minimum Gasteiger partial charge on any atom is -0.481 e. The topological polar surface area (TPSA) is 114 Å². The van der Waals surface area contributed by atoms with Crippen molar-refractivity contribution in [3.63, 3.8) is 0 Å². The van der Waals surface area contributed by atoms with Gasteiger partial charge in [-0.25, -0.2) is 0 Å². The van der Waals surface area contributed by atoms with Crippen LogP contribution in [0.2, 0.25) is 0 Å². The van der Waals surface area contributed by atoms with E-state index in [-0.39, 0.29) is 24.5 Å². The van der Waals surface area contributed by atoms with Crippen LogP contribution in [0.15, 0.2) is 16.5 Å². The molecule has 0 radical (unpaired) electrons. The Hall–Kier alpha value is -2.38. The summed E-state index contributed by atoms with van der Waals surface area (Å²) in [6.07, 6.45) is 0.355. The molecule has 1 saturated heterocycles. The van der Waals surface area contributed by atoms with Gasteiger partial charge in [-0.15, -0.1) is 0 Å². The predicted molar refractivity (Wildman–Crippen MR) is 65.9 cm³/mol. The Kier molecular flexibility index (Phi) is 3.73. The largest absolute Gasteiger partial charge is 0.481 e. The molecule has 1 aromatic rings. The highest BCUT2D eigenvalue weighted by atomic mass is 16.6. The highest BCUT2D eigenvalue weighted by molar-refractivity contribution is 5.81. The van der Waals surface area contributed by atoms with Crippen LogP contribution in [0.1, 0.15) is 31.6 Å². The van der Waals surface area contributed by atoms with E-state index in [0.717, 1.165) is 0 Å². The number of nitrogens with zero attached hydrogens (tertiary/aromatic N) is 2. The molecular weight excluding hydrogens is 268 g/mol. The number of carbonyl (C=O) groups is 2. The van der Waals surface area contributed by atoms with Gasteiger partial charge in [0.1, 0.15) is 16.7 Å². The number of rotatable bonds is 4. The molecule has 1 fully saturated rings. The fourth-order valence-electron chi connectivity index (χ4n) is 2.54. The molecule has 8 nitrogen and oxygen atoms in total. The zero-order valence-corrected chi connectivity index (χ0v) is 10.8. The van der Waals surface area contributed by atoms with E-state index in [2.05, 4.69) is 0 Å². The number of nitro groups is 1. The van der Waals surface area contributed by atoms with E-state index in [0.29, 0.717) is 6.54 Å². The number of furan rings is 1. The van der Waals surface area contributed by atoms with Gasteiger partial charge in [0.05, 0.1) is 12.0 Å². The molecule has 2 rings (SSSR count). The first-order valence-corrected chi connectivity index (χ1v) is 6.22. The maximum absolute atomic E-state index is 11.9. The standard InChI is InChI=1S/C12H14N2O6/c1-2-13-9(15)5-3-7(12(16)17)11(13)8-4-6-10(20-8)14(18)19/h4,6-7,11H,2-3,5H2,1H3,(H,16,17). The van der Waals surface area contributed by atoms with E-state index in [9.17, 15) is 24.8 Å². The van der Waals surface area contributed by atoms with Gasteiger partial charge in [-0.05, 0) is 19.4 Å². The fraction of sp³-hybridized carbons (Fsp3) is 0.500. The molecule has 1 aliphatic heterocycles. The number of carboxylic acid groups (broad SMARTS) is 1. The summed E-state index contributed by atoms with van der Waals surface area (Å²) in [4.78, 5) is 34.6. The number of carboxylic acids is 1. The SMILES string of the molecule is CCN1C(=O)CCC(C(=O)O)C1c1ccc([N+](=O)[O-])o1. The predicted octanol–water partition coefficient (Wildman–Crippen LogP) is 1.57. The van der Waals surface area contributed by atoms with Crippen molar-refractivity contribution >= 4 is 17.8 Å². The van der Waals surface area contributed by atoms with Gasteiger partial charge in [-0.2, -0.15) is 0 Å². The maximum Gasteiger partial charge on any atom is 0.433 e. The van der Waals surface area contributed by atoms with Crippen molar-refractivity contribution in [1.82, 2.24) is 4.90 Å². The number of piperidine rings is 1. The molecule has 2 atom stereocenters. The Bertz CT molecular complexity index is 550. The summed E-state index contributed by atoms with van der Waals surface area (Å²) in [6.45, 7) is 2.05. The Morgan fingerprint density at radius 1 is 1.60 bits per heavy atom. The third-order valence-corrected chi connectivity index (χ3v) is 3.45. The second-order valence-corrected chi connectivity index (χ2v) is 4.54. The van der Waals surface area contributed by atoms with Gasteiger partial charge in [-0.1, -0.05) is 0 Å². The highest BCUT2D eigenvalue weighted by Crippen LogP contribution is 2.38. The molecule has 0 spiro atoms. The van der Waals surface area contributed by atoms with Crippen LogP contribution in [-0.2, 0) is 9.59 Å². The van der Waals surface area contributed by atoms with Crippen molar-refractivity contribution in [2.24, 2.45) is 5.92 Å². The molecule has 2 heterocycles. The van der Waals surface area contributed by atoms with E-state index in [1.54, 1.807) is 6.92 Å². The van der Waals surface area contributed by atoms with Crippen molar-refractivity contribution in [1.29, 1.82) is 0 Å². The van der Waals surface area contributed by atoms with Crippen molar-refractivity contribution in [2.75, 3.05) is 6.54 Å². The molecule has 1 aromatic heterocycles. The summed E-state index contributed by atoms with van der Waals surface area (Å²) >= 11 is 0. The average Bonchev–Trinajstić information content (AvgIpc) is 2.87. The Morgan fingerprint density at radius 2 is 2.30 bits per heavy atom. The van der Waals surface area contributed by atoms with Gasteiger partial charge in [0.2, 0.25) is 5.91 Å². The zero-order chi connectivity index (χ0) is 14.9. The third kappa shape index (κ3) is 2.36. The summed E-state index contributed by atoms with van der Waals surface area (Å²) in [7, 11) is 0. The van der Waals surface area contributed by atoms with Crippen LogP contribution in [0, 0.1) is 16.0 Å². The number of carbonyl (C=O) groups excluding carboxylic acids is 1. The van der Waals surface area contributed by atoms with Crippen LogP contribution in [0.4, 0.5) is 5.88 Å². The molecule has 0 saturated carbocycles. The molecule has 1 aliphatic rings. The zero-order valence-electron chi connectivity index (χ0n) is 10.8. The Balaban J connectivity index is 2.41. The average molecular weight is 282 g/mol. The van der Waals surface area contributed by atoms with Gasteiger partial charge in [0, 0.05) is 13.0 Å². The maximum atomic E-state index is 11.9. The van der Waals surface area contributed by atoms with Crippen LogP contribution >= 0.6 is 0 Å². The number of hydrogen-bond donors (Lipinski definition) is 1. The van der Waals surface area contributed by atoms with E-state index in [1.807, 2.05) is 0 Å². The molecule has 0 aromatic carbocycles. The molecule has 0 bridgehead atoms. The molecule has 20 heavy (non-hydrogen) atoms.